The van der Waals surface area contributed by atoms with Gasteiger partial charge in [-0.25, -0.2) is 0 Å². The van der Waals surface area contributed by atoms with Crippen LogP contribution in [0.1, 0.15) is 30.9 Å². The molecular weight excluding hydrogens is 232 g/mol. The quantitative estimate of drug-likeness (QED) is 0.811. The van der Waals surface area contributed by atoms with Crippen molar-refractivity contribution in [2.45, 2.75) is 32.4 Å². The van der Waals surface area contributed by atoms with Crippen molar-refractivity contribution in [3.8, 4) is 18.4 Å². The second kappa shape index (κ2) is 6.97. The molecule has 0 amide bonds. The molecule has 1 atom stereocenters. The fourth-order valence-corrected chi connectivity index (χ4v) is 1.77. The van der Waals surface area contributed by atoms with Crippen molar-refractivity contribution in [1.29, 1.82) is 5.26 Å². The van der Waals surface area contributed by atoms with Crippen molar-refractivity contribution in [1.82, 2.24) is 5.32 Å². The summed E-state index contributed by atoms with van der Waals surface area (Å²) in [7, 11) is 0. The van der Waals surface area contributed by atoms with E-state index in [1.165, 1.54) is 0 Å². The zero-order chi connectivity index (χ0) is 12.7. The number of nitrogens with one attached hydrogen (secondary N) is 1. The van der Waals surface area contributed by atoms with Crippen molar-refractivity contribution < 1.29 is 0 Å². The van der Waals surface area contributed by atoms with Crippen molar-refractivity contribution >= 4 is 11.6 Å². The topological polar surface area (TPSA) is 35.8 Å². The van der Waals surface area contributed by atoms with Crippen molar-refractivity contribution in [3.05, 3.63) is 34.3 Å². The van der Waals surface area contributed by atoms with Crippen LogP contribution in [0.15, 0.2) is 18.2 Å². The van der Waals surface area contributed by atoms with E-state index in [2.05, 4.69) is 24.2 Å². The molecule has 1 unspecified atom stereocenters. The highest BCUT2D eigenvalue weighted by molar-refractivity contribution is 6.31. The Morgan fingerprint density at radius 1 is 1.53 bits per heavy atom. The first kappa shape index (κ1) is 13.6. The second-order valence-electron chi connectivity index (χ2n) is 3.81. The molecule has 0 spiro atoms. The molecule has 0 saturated heterocycles. The third-order valence-corrected chi connectivity index (χ3v) is 2.85. The Morgan fingerprint density at radius 3 is 2.82 bits per heavy atom. The summed E-state index contributed by atoms with van der Waals surface area (Å²) in [5, 5.41) is 12.6. The van der Waals surface area contributed by atoms with Crippen LogP contribution in [0.4, 0.5) is 0 Å². The number of nitriles is 1. The van der Waals surface area contributed by atoms with Crippen LogP contribution in [0.5, 0.6) is 0 Å². The minimum atomic E-state index is 0.0757. The summed E-state index contributed by atoms with van der Waals surface area (Å²) < 4.78 is 0. The average Bonchev–Trinajstić information content (AvgIpc) is 2.35. The molecule has 0 aliphatic carbocycles. The van der Waals surface area contributed by atoms with E-state index in [9.17, 15) is 0 Å². The van der Waals surface area contributed by atoms with Crippen LogP contribution in [0.25, 0.3) is 0 Å². The highest BCUT2D eigenvalue weighted by Crippen LogP contribution is 2.17. The van der Waals surface area contributed by atoms with E-state index in [4.69, 9.17) is 23.3 Å². The zero-order valence-corrected chi connectivity index (χ0v) is 10.6. The molecule has 17 heavy (non-hydrogen) atoms. The molecule has 0 aromatic heterocycles. The third-order valence-electron chi connectivity index (χ3n) is 2.50. The average molecular weight is 247 g/mol. The van der Waals surface area contributed by atoms with E-state index in [0.29, 0.717) is 17.1 Å². The molecule has 1 rings (SSSR count). The monoisotopic (exact) mass is 246 g/mol. The van der Waals surface area contributed by atoms with Crippen molar-refractivity contribution in [2.24, 2.45) is 0 Å². The van der Waals surface area contributed by atoms with Gasteiger partial charge in [0.2, 0.25) is 0 Å². The minimum Gasteiger partial charge on any atom is -0.300 e. The first-order chi connectivity index (χ1) is 8.21. The van der Waals surface area contributed by atoms with Gasteiger partial charge in [0.05, 0.1) is 17.7 Å². The summed E-state index contributed by atoms with van der Waals surface area (Å²) in [5.41, 5.74) is 1.53. The van der Waals surface area contributed by atoms with Gasteiger partial charge in [0, 0.05) is 11.6 Å². The maximum Gasteiger partial charge on any atom is 0.0992 e. The van der Waals surface area contributed by atoms with Crippen LogP contribution in [0, 0.1) is 23.7 Å². The second-order valence-corrected chi connectivity index (χ2v) is 4.21. The van der Waals surface area contributed by atoms with Crippen LogP contribution in [0.2, 0.25) is 5.02 Å². The number of halogens is 1. The first-order valence-electron chi connectivity index (χ1n) is 5.59. The highest BCUT2D eigenvalue weighted by atomic mass is 35.5. The molecule has 3 heteroatoms. The maximum absolute atomic E-state index is 8.73. The van der Waals surface area contributed by atoms with Gasteiger partial charge in [-0.05, 0) is 24.1 Å². The molecule has 1 aromatic carbocycles. The molecule has 1 aromatic rings. The molecule has 0 heterocycles. The molecule has 0 saturated carbocycles. The first-order valence-corrected chi connectivity index (χ1v) is 5.97. The number of nitrogens with zero attached hydrogens (tertiary/aromatic N) is 1. The standard InChI is InChI=1S/C14H15ClN2/c1-3-5-13(4-2)17-10-12-7-6-11(9-16)8-14(12)15/h2,6-8,13,17H,3,5,10H2,1H3. The summed E-state index contributed by atoms with van der Waals surface area (Å²) in [6.07, 6.45) is 7.41. The number of hydrogen-bond acceptors (Lipinski definition) is 2. The molecule has 2 nitrogen and oxygen atoms in total. The van der Waals surface area contributed by atoms with Gasteiger partial charge >= 0.3 is 0 Å². The van der Waals surface area contributed by atoms with E-state index < -0.39 is 0 Å². The number of rotatable bonds is 5. The van der Waals surface area contributed by atoms with E-state index in [0.717, 1.165) is 18.4 Å². The lowest BCUT2D eigenvalue weighted by Gasteiger charge is -2.12. The SMILES string of the molecule is C#CC(CCC)NCc1ccc(C#N)cc1Cl. The van der Waals surface area contributed by atoms with Gasteiger partial charge < -0.3 is 0 Å². The zero-order valence-electron chi connectivity index (χ0n) is 9.83. The normalized spacial score (nSPS) is 11.5. The van der Waals surface area contributed by atoms with Gasteiger partial charge in [-0.1, -0.05) is 36.9 Å². The molecule has 0 bridgehead atoms. The van der Waals surface area contributed by atoms with E-state index in [1.807, 2.05) is 6.07 Å². The summed E-state index contributed by atoms with van der Waals surface area (Å²) in [6, 6.07) is 7.41. The fraction of sp³-hybridized carbons (Fsp3) is 0.357. The summed E-state index contributed by atoms with van der Waals surface area (Å²) in [4.78, 5) is 0. The van der Waals surface area contributed by atoms with Crippen LogP contribution < -0.4 is 5.32 Å². The fourth-order valence-electron chi connectivity index (χ4n) is 1.53. The number of terminal acetylenes is 1. The number of benzene rings is 1. The molecule has 0 radical (unpaired) electrons. The van der Waals surface area contributed by atoms with Gasteiger partial charge in [0.1, 0.15) is 0 Å². The predicted molar refractivity (Wildman–Crippen MR) is 70.5 cm³/mol. The molecule has 1 N–H and O–H groups in total. The van der Waals surface area contributed by atoms with Crippen LogP contribution >= 0.6 is 11.6 Å². The molecule has 0 aliphatic rings. The Kier molecular flexibility index (Phi) is 5.57. The van der Waals surface area contributed by atoms with Gasteiger partial charge in [-0.2, -0.15) is 5.26 Å². The largest absolute Gasteiger partial charge is 0.300 e. The van der Waals surface area contributed by atoms with Crippen LogP contribution in [-0.4, -0.2) is 6.04 Å². The maximum atomic E-state index is 8.73. The lowest BCUT2D eigenvalue weighted by molar-refractivity contribution is 0.563. The van der Waals surface area contributed by atoms with Gasteiger partial charge in [0.15, 0.2) is 0 Å². The van der Waals surface area contributed by atoms with Gasteiger partial charge in [-0.3, -0.25) is 5.32 Å². The predicted octanol–water partition coefficient (Wildman–Crippen LogP) is 3.10. The minimum absolute atomic E-state index is 0.0757. The van der Waals surface area contributed by atoms with Gasteiger partial charge in [0.25, 0.3) is 0 Å². The molecule has 88 valence electrons. The lowest BCUT2D eigenvalue weighted by atomic mass is 10.1. The van der Waals surface area contributed by atoms with Crippen molar-refractivity contribution in [2.75, 3.05) is 0 Å². The molecule has 0 fully saturated rings. The summed E-state index contributed by atoms with van der Waals surface area (Å²) in [5.74, 6) is 2.71. The van der Waals surface area contributed by atoms with Gasteiger partial charge in [-0.15, -0.1) is 6.42 Å². The summed E-state index contributed by atoms with van der Waals surface area (Å²) in [6.45, 7) is 2.72. The molecular formula is C14H15ClN2. The van der Waals surface area contributed by atoms with E-state index in [1.54, 1.807) is 12.1 Å². The third kappa shape index (κ3) is 4.11. The van der Waals surface area contributed by atoms with Crippen LogP contribution in [0.3, 0.4) is 0 Å². The van der Waals surface area contributed by atoms with Crippen molar-refractivity contribution in [3.63, 3.8) is 0 Å². The summed E-state index contributed by atoms with van der Waals surface area (Å²) >= 11 is 6.07. The number of hydrogen-bond donors (Lipinski definition) is 1. The lowest BCUT2D eigenvalue weighted by Crippen LogP contribution is -2.26. The molecule has 0 aliphatic heterocycles. The Hall–Kier alpha value is -1.48. The van der Waals surface area contributed by atoms with E-state index in [-0.39, 0.29) is 6.04 Å². The van der Waals surface area contributed by atoms with Crippen LogP contribution in [-0.2, 0) is 6.54 Å². The Morgan fingerprint density at radius 2 is 2.29 bits per heavy atom. The Labute approximate surface area is 108 Å². The highest BCUT2D eigenvalue weighted by Gasteiger charge is 2.05. The smallest absolute Gasteiger partial charge is 0.0992 e. The van der Waals surface area contributed by atoms with E-state index >= 15 is 0 Å². The Bertz CT molecular complexity index is 454. The Balaban J connectivity index is 2.64.